The minimum Gasteiger partial charge on any atom is -0.508 e. The van der Waals surface area contributed by atoms with E-state index in [2.05, 4.69) is 16.7 Å². The number of hydrogen-bond acceptors (Lipinski definition) is 5. The van der Waals surface area contributed by atoms with Gasteiger partial charge in [0.05, 0.1) is 5.56 Å². The van der Waals surface area contributed by atoms with Gasteiger partial charge in [0.25, 0.3) is 5.91 Å². The van der Waals surface area contributed by atoms with Gasteiger partial charge in [-0.25, -0.2) is 9.59 Å². The summed E-state index contributed by atoms with van der Waals surface area (Å²) in [6, 6.07) is 4.82. The second-order valence-electron chi connectivity index (χ2n) is 5.79. The second kappa shape index (κ2) is 9.46. The van der Waals surface area contributed by atoms with Crippen molar-refractivity contribution in [3.8, 4) is 5.75 Å². The number of imide groups is 1. The molecule has 2 rings (SSSR count). The standard InChI is InChI=1S/C18H22N2O5/c21-15-8-6-14(7-9-15)17(23)25-12-16(22)20-18(24)19-11-10-13-4-2-1-3-5-13/h4,6-9,21H,1-3,5,10-12H2,(H2,19,20,22,24). The molecular weight excluding hydrogens is 324 g/mol. The van der Waals surface area contributed by atoms with Crippen molar-refractivity contribution < 1.29 is 24.2 Å². The van der Waals surface area contributed by atoms with E-state index in [9.17, 15) is 14.4 Å². The maximum atomic E-state index is 11.7. The molecule has 0 aliphatic heterocycles. The highest BCUT2D eigenvalue weighted by molar-refractivity contribution is 5.97. The molecule has 0 fully saturated rings. The maximum absolute atomic E-state index is 11.7. The number of nitrogens with one attached hydrogen (secondary N) is 2. The first-order valence-electron chi connectivity index (χ1n) is 8.26. The monoisotopic (exact) mass is 346 g/mol. The van der Waals surface area contributed by atoms with Crippen LogP contribution in [0.4, 0.5) is 4.79 Å². The first kappa shape index (κ1) is 18.5. The van der Waals surface area contributed by atoms with Gasteiger partial charge in [0.15, 0.2) is 6.61 Å². The van der Waals surface area contributed by atoms with Gasteiger partial charge in [-0.1, -0.05) is 11.6 Å². The minimum absolute atomic E-state index is 0.0231. The lowest BCUT2D eigenvalue weighted by molar-refractivity contribution is -0.123. The van der Waals surface area contributed by atoms with Crippen molar-refractivity contribution in [2.75, 3.05) is 13.2 Å². The fraction of sp³-hybridized carbons (Fsp3) is 0.389. The molecule has 7 nitrogen and oxygen atoms in total. The van der Waals surface area contributed by atoms with Gasteiger partial charge < -0.3 is 15.2 Å². The molecule has 25 heavy (non-hydrogen) atoms. The molecule has 0 radical (unpaired) electrons. The van der Waals surface area contributed by atoms with Gasteiger partial charge in [-0.15, -0.1) is 0 Å². The van der Waals surface area contributed by atoms with Crippen molar-refractivity contribution in [1.29, 1.82) is 0 Å². The quantitative estimate of drug-likeness (QED) is 0.541. The minimum atomic E-state index is -0.709. The van der Waals surface area contributed by atoms with E-state index < -0.39 is 24.5 Å². The molecule has 1 aromatic rings. The predicted molar refractivity (Wildman–Crippen MR) is 91.1 cm³/mol. The van der Waals surface area contributed by atoms with Crippen molar-refractivity contribution in [3.05, 3.63) is 41.5 Å². The van der Waals surface area contributed by atoms with Crippen LogP contribution in [0.1, 0.15) is 42.5 Å². The smallest absolute Gasteiger partial charge is 0.338 e. The maximum Gasteiger partial charge on any atom is 0.338 e. The normalized spacial score (nSPS) is 13.5. The number of amides is 3. The van der Waals surface area contributed by atoms with Gasteiger partial charge in [0, 0.05) is 6.54 Å². The molecule has 0 heterocycles. The summed E-state index contributed by atoms with van der Waals surface area (Å²) in [6.45, 7) is -0.101. The van der Waals surface area contributed by atoms with Crippen LogP contribution in [-0.2, 0) is 9.53 Å². The van der Waals surface area contributed by atoms with Crippen LogP contribution in [0.2, 0.25) is 0 Å². The predicted octanol–water partition coefficient (Wildman–Crippen LogP) is 2.27. The highest BCUT2D eigenvalue weighted by Gasteiger charge is 2.12. The zero-order valence-electron chi connectivity index (χ0n) is 13.9. The largest absolute Gasteiger partial charge is 0.508 e. The summed E-state index contributed by atoms with van der Waals surface area (Å²) in [6.07, 6.45) is 7.54. The van der Waals surface area contributed by atoms with Crippen LogP contribution in [-0.4, -0.2) is 36.2 Å². The lowest BCUT2D eigenvalue weighted by Gasteiger charge is -2.13. The van der Waals surface area contributed by atoms with E-state index in [0.717, 1.165) is 19.3 Å². The molecule has 0 saturated heterocycles. The van der Waals surface area contributed by atoms with E-state index in [-0.39, 0.29) is 11.3 Å². The van der Waals surface area contributed by atoms with Gasteiger partial charge in [-0.05, 0) is 56.4 Å². The molecule has 7 heteroatoms. The van der Waals surface area contributed by atoms with Gasteiger partial charge >= 0.3 is 12.0 Å². The molecule has 0 saturated carbocycles. The van der Waals surface area contributed by atoms with E-state index in [1.807, 2.05) is 0 Å². The number of allylic oxidation sites excluding steroid dienone is 1. The molecule has 0 spiro atoms. The van der Waals surface area contributed by atoms with E-state index in [1.165, 1.54) is 42.7 Å². The number of esters is 1. The Balaban J connectivity index is 1.63. The topological polar surface area (TPSA) is 105 Å². The second-order valence-corrected chi connectivity index (χ2v) is 5.79. The third-order valence-corrected chi connectivity index (χ3v) is 3.81. The van der Waals surface area contributed by atoms with Crippen LogP contribution in [0.25, 0.3) is 0 Å². The summed E-state index contributed by atoms with van der Waals surface area (Å²) >= 11 is 0. The number of phenols is 1. The third kappa shape index (κ3) is 6.66. The van der Waals surface area contributed by atoms with Gasteiger partial charge in [-0.2, -0.15) is 0 Å². The molecule has 3 N–H and O–H groups in total. The van der Waals surface area contributed by atoms with E-state index >= 15 is 0 Å². The van der Waals surface area contributed by atoms with Gasteiger partial charge in [0.2, 0.25) is 0 Å². The number of rotatable bonds is 6. The molecule has 0 unspecified atom stereocenters. The third-order valence-electron chi connectivity index (χ3n) is 3.81. The van der Waals surface area contributed by atoms with Gasteiger partial charge in [-0.3, -0.25) is 10.1 Å². The van der Waals surface area contributed by atoms with Crippen LogP contribution in [0.5, 0.6) is 5.75 Å². The molecule has 0 atom stereocenters. The zero-order valence-corrected chi connectivity index (χ0v) is 13.9. The Bertz CT molecular complexity index is 652. The fourth-order valence-corrected chi connectivity index (χ4v) is 2.49. The number of benzene rings is 1. The van der Waals surface area contributed by atoms with Crippen molar-refractivity contribution in [1.82, 2.24) is 10.6 Å². The molecule has 0 bridgehead atoms. The zero-order chi connectivity index (χ0) is 18.1. The highest BCUT2D eigenvalue weighted by Crippen LogP contribution is 2.19. The molecule has 1 aliphatic rings. The van der Waals surface area contributed by atoms with Crippen molar-refractivity contribution >= 4 is 17.9 Å². The van der Waals surface area contributed by atoms with Crippen LogP contribution in [0.15, 0.2) is 35.9 Å². The number of carbonyl (C=O) groups is 3. The Morgan fingerprint density at radius 2 is 1.88 bits per heavy atom. The number of carbonyl (C=O) groups excluding carboxylic acids is 3. The lowest BCUT2D eigenvalue weighted by Crippen LogP contribution is -2.41. The Morgan fingerprint density at radius 1 is 1.12 bits per heavy atom. The average Bonchev–Trinajstić information content (AvgIpc) is 2.61. The highest BCUT2D eigenvalue weighted by atomic mass is 16.5. The summed E-state index contributed by atoms with van der Waals surface area (Å²) in [4.78, 5) is 34.9. The van der Waals surface area contributed by atoms with Crippen molar-refractivity contribution in [2.24, 2.45) is 0 Å². The Hall–Kier alpha value is -2.83. The first-order valence-corrected chi connectivity index (χ1v) is 8.26. The van der Waals surface area contributed by atoms with Crippen LogP contribution in [0.3, 0.4) is 0 Å². The number of phenolic OH excluding ortho intramolecular Hbond substituents is 1. The number of aromatic hydroxyl groups is 1. The number of urea groups is 1. The Kier molecular flexibility index (Phi) is 7.00. The Morgan fingerprint density at radius 3 is 2.56 bits per heavy atom. The van der Waals surface area contributed by atoms with E-state index in [1.54, 1.807) is 0 Å². The Labute approximate surface area is 146 Å². The first-order chi connectivity index (χ1) is 12.0. The number of ether oxygens (including phenoxy) is 1. The van der Waals surface area contributed by atoms with Crippen LogP contribution in [0, 0.1) is 0 Å². The summed E-state index contributed by atoms with van der Waals surface area (Å²) in [5, 5.41) is 13.9. The molecule has 1 aromatic carbocycles. The molecule has 134 valence electrons. The molecular formula is C18H22N2O5. The fourth-order valence-electron chi connectivity index (χ4n) is 2.49. The van der Waals surface area contributed by atoms with Gasteiger partial charge in [0.1, 0.15) is 5.75 Å². The van der Waals surface area contributed by atoms with Crippen LogP contribution >= 0.6 is 0 Å². The summed E-state index contributed by atoms with van der Waals surface area (Å²) in [5.41, 5.74) is 1.54. The lowest BCUT2D eigenvalue weighted by atomic mass is 9.97. The van der Waals surface area contributed by atoms with E-state index in [0.29, 0.717) is 6.54 Å². The molecule has 1 aliphatic carbocycles. The summed E-state index contributed by atoms with van der Waals surface area (Å²) < 4.78 is 4.81. The van der Waals surface area contributed by atoms with Crippen LogP contribution < -0.4 is 10.6 Å². The number of hydrogen-bond donors (Lipinski definition) is 3. The average molecular weight is 346 g/mol. The van der Waals surface area contributed by atoms with E-state index in [4.69, 9.17) is 9.84 Å². The van der Waals surface area contributed by atoms with Crippen molar-refractivity contribution in [2.45, 2.75) is 32.1 Å². The SMILES string of the molecule is O=C(COC(=O)c1ccc(O)cc1)NC(=O)NCCC1=CCCCC1. The molecule has 0 aromatic heterocycles. The summed E-state index contributed by atoms with van der Waals surface area (Å²) in [5.74, 6) is -1.39. The molecule has 3 amide bonds. The summed E-state index contributed by atoms with van der Waals surface area (Å²) in [7, 11) is 0. The van der Waals surface area contributed by atoms with Crippen molar-refractivity contribution in [3.63, 3.8) is 0 Å².